The Morgan fingerprint density at radius 3 is 1.86 bits per heavy atom. The smallest absolute Gasteiger partial charge is 0.344 e. The van der Waals surface area contributed by atoms with Crippen molar-refractivity contribution in [1.82, 2.24) is 6.15 Å². The molecule has 0 aromatic heterocycles. The standard InChI is InChI=1S/BH2O4P.H3N/c2-6(3)4-1-5-6;/h1H,(H,2,3);1H3. The van der Waals surface area contributed by atoms with Gasteiger partial charge in [-0.25, -0.2) is 4.57 Å². The normalized spacial score (nSPS) is 23.6. The van der Waals surface area contributed by atoms with Crippen LogP contribution in [0.25, 0.3) is 0 Å². The molecule has 1 aliphatic heterocycles. The molecule has 0 amide bonds. The Morgan fingerprint density at radius 2 is 1.86 bits per heavy atom. The summed E-state index contributed by atoms with van der Waals surface area (Å²) in [5, 5.41) is 0. The lowest BCUT2D eigenvalue weighted by atomic mass is 10.4. The van der Waals surface area contributed by atoms with Crippen molar-refractivity contribution in [1.29, 1.82) is 0 Å². The minimum atomic E-state index is -3.47. The summed E-state index contributed by atoms with van der Waals surface area (Å²) in [5.41, 5.74) is 0. The molecule has 0 saturated carbocycles. The van der Waals surface area contributed by atoms with E-state index in [0.717, 1.165) is 0 Å². The van der Waals surface area contributed by atoms with Crippen molar-refractivity contribution in [3.63, 3.8) is 0 Å². The molecule has 1 rings (SSSR count). The molecule has 1 aliphatic rings. The Kier molecular flexibility index (Phi) is 1.98. The predicted octanol–water partition coefficient (Wildman–Crippen LogP) is -0.438. The van der Waals surface area contributed by atoms with Crippen molar-refractivity contribution in [2.75, 3.05) is 0 Å². The Labute approximate surface area is 41.1 Å². The van der Waals surface area contributed by atoms with Gasteiger partial charge >= 0.3 is 15.5 Å². The van der Waals surface area contributed by atoms with Gasteiger partial charge in [-0.15, -0.1) is 0 Å². The number of rotatable bonds is 0. The highest BCUT2D eigenvalue weighted by atomic mass is 31.2. The molecule has 0 aromatic rings. The molecule has 0 aromatic carbocycles. The van der Waals surface area contributed by atoms with Crippen LogP contribution < -0.4 is 6.15 Å². The fourth-order valence-electron chi connectivity index (χ4n) is 0.143. The van der Waals surface area contributed by atoms with Gasteiger partial charge in [-0.2, -0.15) is 0 Å². The zero-order valence-corrected chi connectivity index (χ0v) is 4.43. The molecule has 1 heterocycles. The van der Waals surface area contributed by atoms with Crippen LogP contribution in [0.3, 0.4) is 0 Å². The number of phosphoric acid groups is 1. The molecular formula is H5BNO4P. The first-order valence-electron chi connectivity index (χ1n) is 1.33. The Morgan fingerprint density at radius 1 is 1.57 bits per heavy atom. The highest BCUT2D eigenvalue weighted by molar-refractivity contribution is 7.52. The lowest BCUT2D eigenvalue weighted by molar-refractivity contribution is 0.222. The van der Waals surface area contributed by atoms with E-state index in [1.807, 2.05) is 0 Å². The van der Waals surface area contributed by atoms with E-state index in [1.54, 1.807) is 0 Å². The molecule has 5 nitrogen and oxygen atoms in total. The summed E-state index contributed by atoms with van der Waals surface area (Å²) in [7, 11) is -3.51. The van der Waals surface area contributed by atoms with Crippen LogP contribution in [-0.4, -0.2) is 12.6 Å². The van der Waals surface area contributed by atoms with Crippen LogP contribution in [0.4, 0.5) is 0 Å². The first-order chi connectivity index (χ1) is 2.71. The molecular weight excluding hydrogens is 120 g/mol. The summed E-state index contributed by atoms with van der Waals surface area (Å²) >= 11 is 0. The molecule has 0 atom stereocenters. The summed E-state index contributed by atoms with van der Waals surface area (Å²) in [5.74, 6) is 0. The molecule has 1 saturated heterocycles. The third-order valence-electron chi connectivity index (χ3n) is 0.432. The van der Waals surface area contributed by atoms with Crippen LogP contribution in [0.1, 0.15) is 0 Å². The summed E-state index contributed by atoms with van der Waals surface area (Å²) in [6.07, 6.45) is 0. The minimum Gasteiger partial charge on any atom is -0.344 e. The van der Waals surface area contributed by atoms with Crippen molar-refractivity contribution < 1.29 is 18.3 Å². The van der Waals surface area contributed by atoms with E-state index >= 15 is 0 Å². The number of hydrogen-bond acceptors (Lipinski definition) is 4. The average Bonchev–Trinajstić information content (AvgIpc) is 1.32. The van der Waals surface area contributed by atoms with Crippen LogP contribution in [0, 0.1) is 0 Å². The Balaban J connectivity index is 0.000000360. The third-order valence-corrected chi connectivity index (χ3v) is 1.30. The maximum Gasteiger partial charge on any atom is 0.456 e. The van der Waals surface area contributed by atoms with Gasteiger partial charge in [-0.1, -0.05) is 0 Å². The maximum atomic E-state index is 9.78. The van der Waals surface area contributed by atoms with Crippen molar-refractivity contribution in [2.24, 2.45) is 0 Å². The number of hydrogen-bond donors (Lipinski definition) is 2. The van der Waals surface area contributed by atoms with E-state index in [1.165, 1.54) is 0 Å². The van der Waals surface area contributed by atoms with Crippen molar-refractivity contribution in [3.8, 4) is 0 Å². The zero-order chi connectivity index (χ0) is 4.62. The summed E-state index contributed by atoms with van der Waals surface area (Å²) < 4.78 is 17.8. The first kappa shape index (κ1) is 7.13. The molecule has 0 unspecified atom stereocenters. The molecule has 0 radical (unpaired) electrons. The molecule has 7 heteroatoms. The highest BCUT2D eigenvalue weighted by Crippen LogP contribution is 2.49. The van der Waals surface area contributed by atoms with E-state index in [-0.39, 0.29) is 13.8 Å². The molecule has 1 fully saturated rings. The molecule has 0 aliphatic carbocycles. The van der Waals surface area contributed by atoms with Gasteiger partial charge in [-0.3, -0.25) is 0 Å². The van der Waals surface area contributed by atoms with Gasteiger partial charge in [0.25, 0.3) is 0 Å². The second-order valence-electron chi connectivity index (χ2n) is 0.845. The van der Waals surface area contributed by atoms with E-state index < -0.39 is 7.82 Å². The quantitative estimate of drug-likeness (QED) is 0.338. The maximum absolute atomic E-state index is 9.78. The molecule has 7 heavy (non-hydrogen) atoms. The van der Waals surface area contributed by atoms with E-state index in [2.05, 4.69) is 8.88 Å². The van der Waals surface area contributed by atoms with Crippen LogP contribution in [-0.2, 0) is 13.4 Å². The van der Waals surface area contributed by atoms with Gasteiger partial charge in [0.15, 0.2) is 0 Å². The lowest BCUT2D eigenvalue weighted by Crippen LogP contribution is -2.12. The van der Waals surface area contributed by atoms with Crippen LogP contribution >= 0.6 is 7.82 Å². The monoisotopic (exact) mass is 125 g/mol. The topological polar surface area (TPSA) is 90.8 Å². The second-order valence-corrected chi connectivity index (χ2v) is 2.30. The van der Waals surface area contributed by atoms with Gasteiger partial charge in [0, 0.05) is 0 Å². The summed E-state index contributed by atoms with van der Waals surface area (Å²) in [6, 6.07) is 0. The largest absolute Gasteiger partial charge is 0.456 e. The fraction of sp³-hybridized carbons (Fsp3) is 0. The highest BCUT2D eigenvalue weighted by Gasteiger charge is 2.31. The lowest BCUT2D eigenvalue weighted by Gasteiger charge is -2.17. The van der Waals surface area contributed by atoms with Crippen LogP contribution in [0.15, 0.2) is 0 Å². The van der Waals surface area contributed by atoms with Crippen LogP contribution in [0.5, 0.6) is 0 Å². The molecule has 4 N–H and O–H groups in total. The van der Waals surface area contributed by atoms with E-state index in [9.17, 15) is 4.57 Å². The Bertz CT molecular complexity index is 93.9. The fourth-order valence-corrected chi connectivity index (χ4v) is 0.429. The van der Waals surface area contributed by atoms with Gasteiger partial charge in [0.05, 0.1) is 0 Å². The Hall–Kier alpha value is 0.135. The molecule has 0 bridgehead atoms. The van der Waals surface area contributed by atoms with Gasteiger partial charge in [0.2, 0.25) is 0 Å². The van der Waals surface area contributed by atoms with Crippen molar-refractivity contribution in [3.05, 3.63) is 0 Å². The van der Waals surface area contributed by atoms with Gasteiger partial charge < -0.3 is 19.9 Å². The molecule has 42 valence electrons. The molecule has 0 spiro atoms. The van der Waals surface area contributed by atoms with Crippen LogP contribution in [0.2, 0.25) is 0 Å². The zero-order valence-electron chi connectivity index (χ0n) is 3.53. The van der Waals surface area contributed by atoms with E-state index in [4.69, 9.17) is 4.89 Å². The summed E-state index contributed by atoms with van der Waals surface area (Å²) in [4.78, 5) is 8.02. The SMILES string of the molecule is N.O=P1(O)OBO1. The van der Waals surface area contributed by atoms with Crippen molar-refractivity contribution in [2.45, 2.75) is 0 Å². The predicted molar refractivity (Wildman–Crippen MR) is 24.2 cm³/mol. The first-order valence-corrected chi connectivity index (χ1v) is 2.82. The van der Waals surface area contributed by atoms with E-state index in [0.29, 0.717) is 0 Å². The minimum absolute atomic E-state index is 0. The average molecular weight is 125 g/mol. The van der Waals surface area contributed by atoms with Gasteiger partial charge in [-0.05, 0) is 0 Å². The third kappa shape index (κ3) is 1.59. The second kappa shape index (κ2) is 1.94. The van der Waals surface area contributed by atoms with Crippen molar-refractivity contribution >= 4 is 15.5 Å². The van der Waals surface area contributed by atoms with Gasteiger partial charge in [0.1, 0.15) is 0 Å². The summed E-state index contributed by atoms with van der Waals surface area (Å²) in [6.45, 7) is 0.